The number of nitrogens with one attached hydrogen (secondary N) is 1. The van der Waals surface area contributed by atoms with Gasteiger partial charge >= 0.3 is 5.97 Å². The third-order valence-electron chi connectivity index (χ3n) is 2.55. The topological polar surface area (TPSA) is 83.5 Å². The Hall–Kier alpha value is -1.57. The lowest BCUT2D eigenvalue weighted by Gasteiger charge is -2.10. The lowest BCUT2D eigenvalue weighted by Crippen LogP contribution is -2.14. The Kier molecular flexibility index (Phi) is 4.55. The van der Waals surface area contributed by atoms with Gasteiger partial charge in [0, 0.05) is 10.2 Å². The first-order chi connectivity index (χ1) is 9.79. The molecule has 0 spiro atoms. The first kappa shape index (κ1) is 15.8. The number of sulfonamides is 1. The van der Waals surface area contributed by atoms with E-state index in [2.05, 4.69) is 20.7 Å². The van der Waals surface area contributed by atoms with Gasteiger partial charge in [-0.15, -0.1) is 0 Å². The SMILES string of the molecule is O=C(O)c1cccc(NS(=O)(=O)c2ccc(Br)cc2Cl)c1. The molecule has 2 N–H and O–H groups in total. The molecule has 0 saturated heterocycles. The third kappa shape index (κ3) is 3.75. The molecule has 0 atom stereocenters. The van der Waals surface area contributed by atoms with E-state index < -0.39 is 16.0 Å². The van der Waals surface area contributed by atoms with Gasteiger partial charge in [0.1, 0.15) is 4.90 Å². The van der Waals surface area contributed by atoms with E-state index in [0.29, 0.717) is 4.47 Å². The summed E-state index contributed by atoms with van der Waals surface area (Å²) in [5, 5.41) is 8.96. The molecular formula is C13H9BrClNO4S. The molecule has 2 aromatic rings. The second kappa shape index (κ2) is 6.05. The zero-order chi connectivity index (χ0) is 15.6. The van der Waals surface area contributed by atoms with Gasteiger partial charge in [-0.05, 0) is 36.4 Å². The van der Waals surface area contributed by atoms with Crippen molar-refractivity contribution >= 4 is 49.2 Å². The van der Waals surface area contributed by atoms with Crippen LogP contribution in [0.1, 0.15) is 10.4 Å². The van der Waals surface area contributed by atoms with Gasteiger partial charge in [0.15, 0.2) is 0 Å². The number of halogens is 2. The normalized spacial score (nSPS) is 11.1. The summed E-state index contributed by atoms with van der Waals surface area (Å²) < 4.78 is 27.5. The van der Waals surface area contributed by atoms with E-state index in [-0.39, 0.29) is 21.2 Å². The maximum absolute atomic E-state index is 12.3. The molecule has 0 aliphatic carbocycles. The first-order valence-corrected chi connectivity index (χ1v) is 8.26. The highest BCUT2D eigenvalue weighted by Crippen LogP contribution is 2.27. The summed E-state index contributed by atoms with van der Waals surface area (Å²) in [6, 6.07) is 9.87. The summed E-state index contributed by atoms with van der Waals surface area (Å²) in [4.78, 5) is 10.8. The zero-order valence-corrected chi connectivity index (χ0v) is 13.5. The number of carboxylic acid groups (broad SMARTS) is 1. The molecule has 0 aliphatic rings. The molecule has 0 bridgehead atoms. The summed E-state index contributed by atoms with van der Waals surface area (Å²) >= 11 is 9.11. The molecule has 0 heterocycles. The van der Waals surface area contributed by atoms with E-state index in [4.69, 9.17) is 16.7 Å². The molecule has 0 radical (unpaired) electrons. The van der Waals surface area contributed by atoms with Gasteiger partial charge < -0.3 is 5.11 Å². The van der Waals surface area contributed by atoms with Gasteiger partial charge in [0.05, 0.1) is 10.6 Å². The Labute approximate surface area is 134 Å². The summed E-state index contributed by atoms with van der Waals surface area (Å²) in [6.45, 7) is 0. The zero-order valence-electron chi connectivity index (χ0n) is 10.4. The van der Waals surface area contributed by atoms with Gasteiger partial charge in [-0.3, -0.25) is 4.72 Å². The number of carboxylic acids is 1. The van der Waals surface area contributed by atoms with Crippen molar-refractivity contribution in [1.29, 1.82) is 0 Å². The molecule has 0 aromatic heterocycles. The van der Waals surface area contributed by atoms with E-state index in [1.54, 1.807) is 6.07 Å². The maximum Gasteiger partial charge on any atom is 0.335 e. The molecular weight excluding hydrogens is 382 g/mol. The molecule has 2 rings (SSSR count). The fourth-order valence-electron chi connectivity index (χ4n) is 1.62. The first-order valence-electron chi connectivity index (χ1n) is 5.61. The molecule has 5 nitrogen and oxygen atoms in total. The largest absolute Gasteiger partial charge is 0.478 e. The maximum atomic E-state index is 12.3. The fraction of sp³-hybridized carbons (Fsp3) is 0. The van der Waals surface area contributed by atoms with Gasteiger partial charge in [0.25, 0.3) is 10.0 Å². The molecule has 0 saturated carbocycles. The third-order valence-corrected chi connectivity index (χ3v) is 4.90. The molecule has 0 aliphatic heterocycles. The van der Waals surface area contributed by atoms with Gasteiger partial charge in [0.2, 0.25) is 0 Å². The fourth-order valence-corrected chi connectivity index (χ4v) is 3.71. The van der Waals surface area contributed by atoms with Crippen LogP contribution in [-0.4, -0.2) is 19.5 Å². The van der Waals surface area contributed by atoms with Crippen molar-refractivity contribution < 1.29 is 18.3 Å². The Morgan fingerprint density at radius 2 is 1.90 bits per heavy atom. The van der Waals surface area contributed by atoms with E-state index in [1.165, 1.54) is 36.4 Å². The second-order valence-corrected chi connectivity index (χ2v) is 7.04. The summed E-state index contributed by atoms with van der Waals surface area (Å²) in [7, 11) is -3.90. The Morgan fingerprint density at radius 3 is 2.52 bits per heavy atom. The minimum atomic E-state index is -3.90. The summed E-state index contributed by atoms with van der Waals surface area (Å²) in [5.74, 6) is -1.14. The van der Waals surface area contributed by atoms with Crippen LogP contribution in [0.25, 0.3) is 0 Å². The number of aromatic carboxylic acids is 1. The van der Waals surface area contributed by atoms with Crippen LogP contribution in [0, 0.1) is 0 Å². The van der Waals surface area contributed by atoms with E-state index >= 15 is 0 Å². The number of carbonyl (C=O) groups is 1. The van der Waals surface area contributed by atoms with Crippen LogP contribution in [0.5, 0.6) is 0 Å². The minimum Gasteiger partial charge on any atom is -0.478 e. The molecule has 110 valence electrons. The van der Waals surface area contributed by atoms with E-state index in [1.807, 2.05) is 0 Å². The standard InChI is InChI=1S/C13H9BrClNO4S/c14-9-4-5-12(11(15)7-9)21(19,20)16-10-3-1-2-8(6-10)13(17)18/h1-7,16H,(H,17,18). The van der Waals surface area contributed by atoms with Crippen LogP contribution in [0.4, 0.5) is 5.69 Å². The number of rotatable bonds is 4. The van der Waals surface area contributed by atoms with Crippen molar-refractivity contribution in [2.45, 2.75) is 4.90 Å². The van der Waals surface area contributed by atoms with Crippen LogP contribution >= 0.6 is 27.5 Å². The highest BCUT2D eigenvalue weighted by Gasteiger charge is 2.18. The van der Waals surface area contributed by atoms with Crippen LogP contribution < -0.4 is 4.72 Å². The smallest absolute Gasteiger partial charge is 0.335 e. The highest BCUT2D eigenvalue weighted by molar-refractivity contribution is 9.10. The monoisotopic (exact) mass is 389 g/mol. The molecule has 8 heteroatoms. The number of benzene rings is 2. The van der Waals surface area contributed by atoms with Gasteiger partial charge in [-0.1, -0.05) is 33.6 Å². The van der Waals surface area contributed by atoms with Crippen LogP contribution in [-0.2, 0) is 10.0 Å². The van der Waals surface area contributed by atoms with Crippen molar-refractivity contribution in [2.75, 3.05) is 4.72 Å². The molecule has 0 unspecified atom stereocenters. The predicted octanol–water partition coefficient (Wildman–Crippen LogP) is 3.60. The number of hydrogen-bond donors (Lipinski definition) is 2. The Bertz CT molecular complexity index is 808. The van der Waals surface area contributed by atoms with Crippen molar-refractivity contribution in [1.82, 2.24) is 0 Å². The molecule has 21 heavy (non-hydrogen) atoms. The van der Waals surface area contributed by atoms with Gasteiger partial charge in [-0.2, -0.15) is 0 Å². The summed E-state index contributed by atoms with van der Waals surface area (Å²) in [6.07, 6.45) is 0. The average Bonchev–Trinajstić information content (AvgIpc) is 2.37. The Morgan fingerprint density at radius 1 is 1.19 bits per heavy atom. The van der Waals surface area contributed by atoms with Crippen molar-refractivity contribution in [3.8, 4) is 0 Å². The van der Waals surface area contributed by atoms with E-state index in [9.17, 15) is 13.2 Å². The van der Waals surface area contributed by atoms with Crippen molar-refractivity contribution in [3.63, 3.8) is 0 Å². The highest BCUT2D eigenvalue weighted by atomic mass is 79.9. The Balaban J connectivity index is 2.37. The quantitative estimate of drug-likeness (QED) is 0.835. The van der Waals surface area contributed by atoms with Gasteiger partial charge in [-0.25, -0.2) is 13.2 Å². The number of hydrogen-bond acceptors (Lipinski definition) is 3. The lowest BCUT2D eigenvalue weighted by atomic mass is 10.2. The lowest BCUT2D eigenvalue weighted by molar-refractivity contribution is 0.0697. The van der Waals surface area contributed by atoms with E-state index in [0.717, 1.165) is 0 Å². The molecule has 0 fully saturated rings. The van der Waals surface area contributed by atoms with Crippen molar-refractivity contribution in [3.05, 3.63) is 57.5 Å². The summed E-state index contributed by atoms with van der Waals surface area (Å²) in [5.41, 5.74) is 0.131. The molecule has 0 amide bonds. The minimum absolute atomic E-state index is 0.0166. The van der Waals surface area contributed by atoms with Crippen LogP contribution in [0.3, 0.4) is 0 Å². The van der Waals surface area contributed by atoms with Crippen LogP contribution in [0.2, 0.25) is 5.02 Å². The predicted molar refractivity (Wildman–Crippen MR) is 83.4 cm³/mol. The van der Waals surface area contributed by atoms with Crippen LogP contribution in [0.15, 0.2) is 51.8 Å². The average molecular weight is 391 g/mol. The number of anilines is 1. The molecule has 2 aromatic carbocycles. The second-order valence-electron chi connectivity index (χ2n) is 4.07. The van der Waals surface area contributed by atoms with Crippen molar-refractivity contribution in [2.24, 2.45) is 0 Å².